The number of anilines is 1. The minimum absolute atomic E-state index is 0.204. The topological polar surface area (TPSA) is 75.3 Å². The van der Waals surface area contributed by atoms with E-state index in [1.54, 1.807) is 0 Å². The Bertz CT molecular complexity index is 396. The van der Waals surface area contributed by atoms with E-state index in [1.807, 2.05) is 13.0 Å². The maximum Gasteiger partial charge on any atom is 0.225 e. The second-order valence-electron chi connectivity index (χ2n) is 4.78. The van der Waals surface area contributed by atoms with Gasteiger partial charge in [-0.25, -0.2) is 9.97 Å². The van der Waals surface area contributed by atoms with E-state index in [0.717, 1.165) is 36.8 Å². The third-order valence-corrected chi connectivity index (χ3v) is 3.25. The van der Waals surface area contributed by atoms with Crippen molar-refractivity contribution in [1.82, 2.24) is 9.97 Å². The molecule has 2 unspecified atom stereocenters. The van der Waals surface area contributed by atoms with Gasteiger partial charge in [-0.15, -0.1) is 0 Å². The number of nitrogens with zero attached hydrogens (tertiary/aromatic N) is 3. The van der Waals surface area contributed by atoms with Crippen LogP contribution >= 0.6 is 0 Å². The minimum atomic E-state index is -0.204. The highest BCUT2D eigenvalue weighted by molar-refractivity contribution is 5.33. The average molecular weight is 236 g/mol. The molecule has 17 heavy (non-hydrogen) atoms. The molecule has 0 saturated carbocycles. The van der Waals surface area contributed by atoms with Gasteiger partial charge in [0.05, 0.1) is 11.8 Å². The van der Waals surface area contributed by atoms with Crippen LogP contribution in [0.5, 0.6) is 0 Å². The standard InChI is InChI=1S/C12H20N4O/c1-8-7-16(4-3-11(8)17)12-14-9(2)5-10(6-13)15-12/h5,8,11,17H,3-4,6-7,13H2,1-2H3. The number of aliphatic hydroxyl groups is 1. The number of aryl methyl sites for hydroxylation is 1. The zero-order valence-corrected chi connectivity index (χ0v) is 10.4. The van der Waals surface area contributed by atoms with Crippen LogP contribution in [0.25, 0.3) is 0 Å². The number of aromatic nitrogens is 2. The molecule has 0 aromatic carbocycles. The van der Waals surface area contributed by atoms with E-state index >= 15 is 0 Å². The summed E-state index contributed by atoms with van der Waals surface area (Å²) >= 11 is 0. The Labute approximate surface area is 102 Å². The molecule has 1 aromatic rings. The van der Waals surface area contributed by atoms with Gasteiger partial charge in [-0.1, -0.05) is 6.92 Å². The molecule has 2 heterocycles. The van der Waals surface area contributed by atoms with Crippen LogP contribution in [-0.4, -0.2) is 34.3 Å². The minimum Gasteiger partial charge on any atom is -0.393 e. The zero-order chi connectivity index (χ0) is 12.4. The first-order chi connectivity index (χ1) is 8.10. The third kappa shape index (κ3) is 2.73. The molecule has 2 atom stereocenters. The molecule has 94 valence electrons. The van der Waals surface area contributed by atoms with Crippen LogP contribution in [-0.2, 0) is 6.54 Å². The zero-order valence-electron chi connectivity index (χ0n) is 10.4. The maximum absolute atomic E-state index is 9.71. The molecule has 0 amide bonds. The normalized spacial score (nSPS) is 25.1. The first-order valence-electron chi connectivity index (χ1n) is 6.08. The molecule has 1 saturated heterocycles. The van der Waals surface area contributed by atoms with Crippen LogP contribution in [0.2, 0.25) is 0 Å². The van der Waals surface area contributed by atoms with Crippen molar-refractivity contribution in [2.24, 2.45) is 11.7 Å². The number of hydrogen-bond donors (Lipinski definition) is 2. The summed E-state index contributed by atoms with van der Waals surface area (Å²) in [6.45, 7) is 6.04. The van der Waals surface area contributed by atoms with E-state index in [9.17, 15) is 5.11 Å². The van der Waals surface area contributed by atoms with Gasteiger partial charge in [-0.3, -0.25) is 0 Å². The molecular formula is C12H20N4O. The molecule has 1 aliphatic rings. The first-order valence-corrected chi connectivity index (χ1v) is 6.08. The second-order valence-corrected chi connectivity index (χ2v) is 4.78. The molecule has 1 aromatic heterocycles. The highest BCUT2D eigenvalue weighted by Gasteiger charge is 2.25. The van der Waals surface area contributed by atoms with Crippen molar-refractivity contribution in [3.63, 3.8) is 0 Å². The van der Waals surface area contributed by atoms with E-state index in [4.69, 9.17) is 5.73 Å². The van der Waals surface area contributed by atoms with Crippen molar-refractivity contribution in [3.05, 3.63) is 17.5 Å². The van der Waals surface area contributed by atoms with E-state index in [2.05, 4.69) is 21.8 Å². The Balaban J connectivity index is 2.19. The summed E-state index contributed by atoms with van der Waals surface area (Å²) in [5.74, 6) is 0.999. The van der Waals surface area contributed by atoms with Crippen molar-refractivity contribution >= 4 is 5.95 Å². The molecule has 3 N–H and O–H groups in total. The van der Waals surface area contributed by atoms with Gasteiger partial charge in [-0.05, 0) is 25.3 Å². The van der Waals surface area contributed by atoms with Crippen LogP contribution in [0, 0.1) is 12.8 Å². The summed E-state index contributed by atoms with van der Waals surface area (Å²) in [6, 6.07) is 1.91. The summed E-state index contributed by atoms with van der Waals surface area (Å²) in [6.07, 6.45) is 0.571. The number of nitrogens with two attached hydrogens (primary N) is 1. The largest absolute Gasteiger partial charge is 0.393 e. The molecule has 5 heteroatoms. The van der Waals surface area contributed by atoms with Crippen LogP contribution in [0.4, 0.5) is 5.95 Å². The van der Waals surface area contributed by atoms with Crippen LogP contribution in [0.3, 0.4) is 0 Å². The molecular weight excluding hydrogens is 216 g/mol. The predicted octanol–water partition coefficient (Wildman–Crippen LogP) is 0.451. The number of piperidine rings is 1. The van der Waals surface area contributed by atoms with Gasteiger partial charge in [0, 0.05) is 25.3 Å². The van der Waals surface area contributed by atoms with Crippen molar-refractivity contribution in [3.8, 4) is 0 Å². The molecule has 0 bridgehead atoms. The molecule has 0 spiro atoms. The lowest BCUT2D eigenvalue weighted by Gasteiger charge is -2.34. The fourth-order valence-electron chi connectivity index (χ4n) is 2.18. The van der Waals surface area contributed by atoms with E-state index < -0.39 is 0 Å². The van der Waals surface area contributed by atoms with Crippen molar-refractivity contribution in [2.45, 2.75) is 32.9 Å². The molecule has 1 aliphatic heterocycles. The summed E-state index contributed by atoms with van der Waals surface area (Å²) in [5, 5.41) is 9.71. The lowest BCUT2D eigenvalue weighted by atomic mass is 9.97. The SMILES string of the molecule is Cc1cc(CN)nc(N2CCC(O)C(C)C2)n1. The molecule has 2 rings (SSSR count). The summed E-state index contributed by atoms with van der Waals surface area (Å²) in [7, 11) is 0. The Kier molecular flexibility index (Phi) is 3.59. The lowest BCUT2D eigenvalue weighted by molar-refractivity contribution is 0.0966. The fourth-order valence-corrected chi connectivity index (χ4v) is 2.18. The number of hydrogen-bond acceptors (Lipinski definition) is 5. The summed E-state index contributed by atoms with van der Waals surface area (Å²) in [5.41, 5.74) is 7.42. The van der Waals surface area contributed by atoms with Gasteiger partial charge in [0.25, 0.3) is 0 Å². The van der Waals surface area contributed by atoms with E-state index in [1.165, 1.54) is 0 Å². The van der Waals surface area contributed by atoms with Gasteiger partial charge in [0.2, 0.25) is 5.95 Å². The molecule has 0 radical (unpaired) electrons. The Hall–Kier alpha value is -1.20. The third-order valence-electron chi connectivity index (χ3n) is 3.25. The first kappa shape index (κ1) is 12.3. The van der Waals surface area contributed by atoms with Crippen molar-refractivity contribution in [1.29, 1.82) is 0 Å². The lowest BCUT2D eigenvalue weighted by Crippen LogP contribution is -2.42. The van der Waals surface area contributed by atoms with E-state index in [0.29, 0.717) is 6.54 Å². The van der Waals surface area contributed by atoms with Gasteiger partial charge in [-0.2, -0.15) is 0 Å². The fraction of sp³-hybridized carbons (Fsp3) is 0.667. The maximum atomic E-state index is 9.71. The number of rotatable bonds is 2. The van der Waals surface area contributed by atoms with Crippen LogP contribution in [0.15, 0.2) is 6.07 Å². The predicted molar refractivity (Wildman–Crippen MR) is 66.7 cm³/mol. The van der Waals surface area contributed by atoms with Gasteiger partial charge >= 0.3 is 0 Å². The van der Waals surface area contributed by atoms with Crippen molar-refractivity contribution < 1.29 is 5.11 Å². The second kappa shape index (κ2) is 4.98. The average Bonchev–Trinajstić information content (AvgIpc) is 2.32. The summed E-state index contributed by atoms with van der Waals surface area (Å²) in [4.78, 5) is 11.0. The Morgan fingerprint density at radius 1 is 1.53 bits per heavy atom. The van der Waals surface area contributed by atoms with Crippen molar-refractivity contribution in [2.75, 3.05) is 18.0 Å². The molecule has 5 nitrogen and oxygen atoms in total. The van der Waals surface area contributed by atoms with E-state index in [-0.39, 0.29) is 12.0 Å². The monoisotopic (exact) mass is 236 g/mol. The quantitative estimate of drug-likeness (QED) is 0.780. The van der Waals surface area contributed by atoms with Gasteiger partial charge < -0.3 is 15.7 Å². The highest BCUT2D eigenvalue weighted by atomic mass is 16.3. The summed E-state index contributed by atoms with van der Waals surface area (Å²) < 4.78 is 0. The Morgan fingerprint density at radius 2 is 2.29 bits per heavy atom. The number of aliphatic hydroxyl groups excluding tert-OH is 1. The van der Waals surface area contributed by atoms with Gasteiger partial charge in [0.15, 0.2) is 0 Å². The highest BCUT2D eigenvalue weighted by Crippen LogP contribution is 2.20. The molecule has 1 fully saturated rings. The smallest absolute Gasteiger partial charge is 0.225 e. The van der Waals surface area contributed by atoms with Crippen LogP contribution in [0.1, 0.15) is 24.7 Å². The van der Waals surface area contributed by atoms with Crippen LogP contribution < -0.4 is 10.6 Å². The van der Waals surface area contributed by atoms with Gasteiger partial charge in [0.1, 0.15) is 0 Å². The molecule has 0 aliphatic carbocycles. The Morgan fingerprint density at radius 3 is 2.94 bits per heavy atom.